The van der Waals surface area contributed by atoms with Crippen LogP contribution in [0.4, 0.5) is 0 Å². The van der Waals surface area contributed by atoms with E-state index in [1.807, 2.05) is 35.2 Å². The number of amides is 1. The third kappa shape index (κ3) is 3.65. The average Bonchev–Trinajstić information content (AvgIpc) is 3.44. The Morgan fingerprint density at radius 3 is 2.63 bits per heavy atom. The van der Waals surface area contributed by atoms with E-state index >= 15 is 0 Å². The van der Waals surface area contributed by atoms with Gasteiger partial charge in [-0.1, -0.05) is 30.3 Å². The van der Waals surface area contributed by atoms with Crippen LogP contribution in [0.2, 0.25) is 0 Å². The zero-order valence-corrected chi connectivity index (χ0v) is 17.3. The van der Waals surface area contributed by atoms with Crippen LogP contribution in [0, 0.1) is 5.92 Å². The maximum Gasteiger partial charge on any atom is 0.226 e. The van der Waals surface area contributed by atoms with Gasteiger partial charge in [-0.05, 0) is 45.0 Å². The largest absolute Gasteiger partial charge is 0.468 e. The van der Waals surface area contributed by atoms with Gasteiger partial charge in [-0.3, -0.25) is 9.69 Å². The lowest BCUT2D eigenvalue weighted by atomic mass is 9.94. The van der Waals surface area contributed by atoms with E-state index in [1.165, 1.54) is 0 Å². The van der Waals surface area contributed by atoms with Gasteiger partial charge >= 0.3 is 0 Å². The van der Waals surface area contributed by atoms with Crippen molar-refractivity contribution in [1.29, 1.82) is 0 Å². The summed E-state index contributed by atoms with van der Waals surface area (Å²) in [5.74, 6) is 3.09. The van der Waals surface area contributed by atoms with Crippen molar-refractivity contribution < 1.29 is 9.21 Å². The van der Waals surface area contributed by atoms with Crippen LogP contribution in [0.1, 0.15) is 37.4 Å². The van der Waals surface area contributed by atoms with Crippen LogP contribution in [-0.4, -0.2) is 50.1 Å². The third-order valence-corrected chi connectivity index (χ3v) is 6.26. The molecule has 1 saturated heterocycles. The predicted molar refractivity (Wildman–Crippen MR) is 112 cm³/mol. The first-order chi connectivity index (χ1) is 14.7. The van der Waals surface area contributed by atoms with Crippen molar-refractivity contribution in [2.24, 2.45) is 5.92 Å². The molecule has 0 spiro atoms. The van der Waals surface area contributed by atoms with Crippen molar-refractivity contribution in [3.8, 4) is 11.4 Å². The first-order valence-electron chi connectivity index (χ1n) is 10.7. The first kappa shape index (κ1) is 19.1. The number of hydrogen-bond donors (Lipinski definition) is 0. The van der Waals surface area contributed by atoms with Crippen LogP contribution in [0.15, 0.2) is 53.1 Å². The molecule has 0 radical (unpaired) electrons. The van der Waals surface area contributed by atoms with E-state index in [9.17, 15) is 4.79 Å². The molecule has 1 amide bonds. The summed E-state index contributed by atoms with van der Waals surface area (Å²) in [5.41, 5.74) is 1.06. The molecule has 1 fully saturated rings. The van der Waals surface area contributed by atoms with Crippen molar-refractivity contribution in [2.45, 2.75) is 38.9 Å². The molecule has 2 aliphatic heterocycles. The molecule has 3 aromatic rings. The Kier molecular flexibility index (Phi) is 5.12. The second-order valence-electron chi connectivity index (χ2n) is 8.37. The molecular formula is C23H27N5O2. The van der Waals surface area contributed by atoms with Crippen molar-refractivity contribution in [3.63, 3.8) is 0 Å². The van der Waals surface area contributed by atoms with Crippen LogP contribution in [-0.2, 0) is 17.9 Å². The van der Waals surface area contributed by atoms with E-state index in [-0.39, 0.29) is 17.9 Å². The summed E-state index contributed by atoms with van der Waals surface area (Å²) in [6.45, 7) is 6.06. The molecule has 1 aromatic carbocycles. The minimum Gasteiger partial charge on any atom is -0.468 e. The van der Waals surface area contributed by atoms with Crippen LogP contribution < -0.4 is 0 Å². The lowest BCUT2D eigenvalue weighted by Gasteiger charge is -2.37. The molecule has 0 bridgehead atoms. The summed E-state index contributed by atoms with van der Waals surface area (Å²) in [7, 11) is 0. The molecule has 2 aromatic heterocycles. The molecule has 4 heterocycles. The Bertz CT molecular complexity index is 990. The molecule has 2 aliphatic rings. The van der Waals surface area contributed by atoms with Gasteiger partial charge in [-0.25, -0.2) is 0 Å². The van der Waals surface area contributed by atoms with Gasteiger partial charge < -0.3 is 13.9 Å². The van der Waals surface area contributed by atoms with E-state index < -0.39 is 0 Å². The Hall–Kier alpha value is -2.93. The average molecular weight is 406 g/mol. The fraction of sp³-hybridized carbons (Fsp3) is 0.435. The number of rotatable bonds is 4. The first-order valence-corrected chi connectivity index (χ1v) is 10.7. The molecule has 156 valence electrons. The maximum absolute atomic E-state index is 13.2. The molecule has 7 nitrogen and oxygen atoms in total. The number of nitrogens with zero attached hydrogens (tertiary/aromatic N) is 5. The highest BCUT2D eigenvalue weighted by Gasteiger charge is 2.34. The molecule has 7 heteroatoms. The third-order valence-electron chi connectivity index (χ3n) is 6.26. The highest BCUT2D eigenvalue weighted by atomic mass is 16.3. The highest BCUT2D eigenvalue weighted by molar-refractivity contribution is 5.79. The molecule has 0 unspecified atom stereocenters. The van der Waals surface area contributed by atoms with Crippen molar-refractivity contribution >= 4 is 5.91 Å². The van der Waals surface area contributed by atoms with E-state index in [1.54, 1.807) is 6.26 Å². The van der Waals surface area contributed by atoms with Gasteiger partial charge in [-0.2, -0.15) is 0 Å². The van der Waals surface area contributed by atoms with Crippen LogP contribution in [0.5, 0.6) is 0 Å². The zero-order chi connectivity index (χ0) is 20.5. The van der Waals surface area contributed by atoms with Gasteiger partial charge in [0.25, 0.3) is 0 Å². The Labute approximate surface area is 176 Å². The number of carbonyl (C=O) groups excluding carboxylic acids is 1. The van der Waals surface area contributed by atoms with Gasteiger partial charge in [0, 0.05) is 18.0 Å². The zero-order valence-electron chi connectivity index (χ0n) is 17.3. The second kappa shape index (κ2) is 8.07. The molecule has 5 rings (SSSR count). The quantitative estimate of drug-likeness (QED) is 0.666. The number of fused-ring (bicyclic) bond motifs is 1. The maximum atomic E-state index is 13.2. The summed E-state index contributed by atoms with van der Waals surface area (Å²) in [5, 5.41) is 8.85. The standard InChI is InChI=1S/C23H27N5O2/c1-17-14-27(16-21-24-25-22(28(17)21)18-6-3-2-4-7-18)23(29)19-9-11-26(12-10-19)15-20-8-5-13-30-20/h2-8,13,17,19H,9-12,14-16H2,1H3/t17-/m0/s1. The number of carbonyl (C=O) groups is 1. The Morgan fingerprint density at radius 1 is 1.10 bits per heavy atom. The second-order valence-corrected chi connectivity index (χ2v) is 8.37. The summed E-state index contributed by atoms with van der Waals surface area (Å²) in [6.07, 6.45) is 3.50. The molecule has 0 aliphatic carbocycles. The number of furan rings is 1. The predicted octanol–water partition coefficient (Wildman–Crippen LogP) is 3.35. The topological polar surface area (TPSA) is 67.4 Å². The van der Waals surface area contributed by atoms with Crippen LogP contribution in [0.25, 0.3) is 11.4 Å². The highest BCUT2D eigenvalue weighted by Crippen LogP contribution is 2.29. The normalized spacial score (nSPS) is 20.3. The summed E-state index contributed by atoms with van der Waals surface area (Å²) in [4.78, 5) is 17.6. The monoisotopic (exact) mass is 405 g/mol. The van der Waals surface area contributed by atoms with Crippen molar-refractivity contribution in [3.05, 3.63) is 60.3 Å². The van der Waals surface area contributed by atoms with E-state index in [0.717, 1.165) is 55.4 Å². The SMILES string of the molecule is C[C@H]1CN(C(=O)C2CCN(Cc3ccco3)CC2)Cc2nnc(-c3ccccc3)n21. The smallest absolute Gasteiger partial charge is 0.226 e. The molecular weight excluding hydrogens is 378 g/mol. The number of likely N-dealkylation sites (tertiary alicyclic amines) is 1. The lowest BCUT2D eigenvalue weighted by molar-refractivity contribution is -0.139. The minimum absolute atomic E-state index is 0.0908. The van der Waals surface area contributed by atoms with Crippen LogP contribution in [0.3, 0.4) is 0 Å². The fourth-order valence-corrected chi connectivity index (χ4v) is 4.70. The lowest BCUT2D eigenvalue weighted by Crippen LogP contribution is -2.46. The van der Waals surface area contributed by atoms with Gasteiger partial charge in [0.15, 0.2) is 11.6 Å². The van der Waals surface area contributed by atoms with Gasteiger partial charge in [0.1, 0.15) is 5.76 Å². The Morgan fingerprint density at radius 2 is 1.90 bits per heavy atom. The van der Waals surface area contributed by atoms with Crippen LogP contribution >= 0.6 is 0 Å². The Balaban J connectivity index is 1.24. The number of benzene rings is 1. The van der Waals surface area contributed by atoms with E-state index in [2.05, 4.69) is 38.7 Å². The summed E-state index contributed by atoms with van der Waals surface area (Å²) < 4.78 is 7.64. The van der Waals surface area contributed by atoms with Gasteiger partial charge in [0.05, 0.1) is 25.4 Å². The summed E-state index contributed by atoms with van der Waals surface area (Å²) >= 11 is 0. The van der Waals surface area contributed by atoms with E-state index in [0.29, 0.717) is 13.1 Å². The molecule has 0 saturated carbocycles. The minimum atomic E-state index is 0.0908. The number of hydrogen-bond acceptors (Lipinski definition) is 5. The summed E-state index contributed by atoms with van der Waals surface area (Å²) in [6, 6.07) is 14.2. The van der Waals surface area contributed by atoms with Crippen molar-refractivity contribution in [1.82, 2.24) is 24.6 Å². The van der Waals surface area contributed by atoms with Gasteiger partial charge in [0.2, 0.25) is 5.91 Å². The van der Waals surface area contributed by atoms with Gasteiger partial charge in [-0.15, -0.1) is 10.2 Å². The van der Waals surface area contributed by atoms with E-state index in [4.69, 9.17) is 4.42 Å². The molecule has 30 heavy (non-hydrogen) atoms. The molecule has 1 atom stereocenters. The fourth-order valence-electron chi connectivity index (χ4n) is 4.70. The van der Waals surface area contributed by atoms with Crippen molar-refractivity contribution in [2.75, 3.05) is 19.6 Å². The number of aromatic nitrogens is 3. The number of piperidine rings is 1. The molecule has 0 N–H and O–H groups in total.